The summed E-state index contributed by atoms with van der Waals surface area (Å²) >= 11 is 0. The fraction of sp³-hybridized carbons (Fsp3) is 0.150. The van der Waals surface area contributed by atoms with Crippen molar-refractivity contribution in [1.82, 2.24) is 0 Å². The van der Waals surface area contributed by atoms with E-state index in [0.717, 1.165) is 0 Å². The number of cyclic esters (lactones) is 1. The van der Waals surface area contributed by atoms with Crippen molar-refractivity contribution in [3.63, 3.8) is 0 Å². The molecule has 1 heterocycles. The van der Waals surface area contributed by atoms with Crippen LogP contribution in [0, 0.1) is 10.1 Å². The molecule has 0 radical (unpaired) electrons. The molecule has 0 aliphatic carbocycles. The Labute approximate surface area is 170 Å². The van der Waals surface area contributed by atoms with Gasteiger partial charge in [0.2, 0.25) is 11.6 Å². The van der Waals surface area contributed by atoms with Gasteiger partial charge < -0.3 is 18.9 Å². The summed E-state index contributed by atoms with van der Waals surface area (Å²) in [5.41, 5.74) is 0.581. The van der Waals surface area contributed by atoms with Crippen molar-refractivity contribution in [2.45, 2.75) is 6.92 Å². The smallest absolute Gasteiger partial charge is 0.363 e. The van der Waals surface area contributed by atoms with Gasteiger partial charge in [0, 0.05) is 24.6 Å². The first-order chi connectivity index (χ1) is 14.3. The Kier molecular flexibility index (Phi) is 5.77. The Hall–Kier alpha value is -4.21. The first-order valence-corrected chi connectivity index (χ1v) is 8.54. The first kappa shape index (κ1) is 20.5. The van der Waals surface area contributed by atoms with Crippen molar-refractivity contribution in [1.29, 1.82) is 0 Å². The van der Waals surface area contributed by atoms with Crippen molar-refractivity contribution in [2.24, 2.45) is 4.99 Å². The molecule has 10 heteroatoms. The van der Waals surface area contributed by atoms with Crippen LogP contribution in [0.25, 0.3) is 6.08 Å². The number of esters is 2. The van der Waals surface area contributed by atoms with Crippen LogP contribution in [-0.2, 0) is 14.3 Å². The molecule has 0 bridgehead atoms. The molecule has 0 spiro atoms. The van der Waals surface area contributed by atoms with E-state index in [-0.39, 0.29) is 34.5 Å². The summed E-state index contributed by atoms with van der Waals surface area (Å²) in [6.07, 6.45) is 1.43. The zero-order valence-electron chi connectivity index (χ0n) is 16.2. The van der Waals surface area contributed by atoms with Crippen LogP contribution in [0.4, 0.5) is 5.69 Å². The van der Waals surface area contributed by atoms with Crippen molar-refractivity contribution >= 4 is 29.6 Å². The summed E-state index contributed by atoms with van der Waals surface area (Å²) in [6.45, 7) is 1.24. The normalized spacial score (nSPS) is 14.2. The Morgan fingerprint density at radius 2 is 1.83 bits per heavy atom. The predicted octanol–water partition coefficient (Wildman–Crippen LogP) is 2.88. The van der Waals surface area contributed by atoms with Gasteiger partial charge in [0.1, 0.15) is 0 Å². The van der Waals surface area contributed by atoms with Gasteiger partial charge in [-0.3, -0.25) is 14.9 Å². The number of benzene rings is 2. The number of carbonyl (C=O) groups is 2. The quantitative estimate of drug-likeness (QED) is 0.233. The number of carbonyl (C=O) groups excluding carboxylic acids is 2. The van der Waals surface area contributed by atoms with Crippen molar-refractivity contribution in [2.75, 3.05) is 14.2 Å². The lowest BCUT2D eigenvalue weighted by Gasteiger charge is -2.13. The fourth-order valence-electron chi connectivity index (χ4n) is 2.67. The van der Waals surface area contributed by atoms with Gasteiger partial charge in [0.15, 0.2) is 17.2 Å². The maximum atomic E-state index is 12.2. The lowest BCUT2D eigenvalue weighted by atomic mass is 10.1. The number of nitrogens with zero attached hydrogens (tertiary/aromatic N) is 2. The molecular formula is C20H16N2O8. The molecule has 154 valence electrons. The van der Waals surface area contributed by atoms with E-state index in [1.54, 1.807) is 6.07 Å². The largest absolute Gasteiger partial charge is 0.493 e. The molecule has 10 nitrogen and oxygen atoms in total. The van der Waals surface area contributed by atoms with E-state index in [1.165, 1.54) is 57.6 Å². The molecule has 0 amide bonds. The molecular weight excluding hydrogens is 396 g/mol. The van der Waals surface area contributed by atoms with Gasteiger partial charge in [0.25, 0.3) is 5.69 Å². The average Bonchev–Trinajstić information content (AvgIpc) is 3.08. The number of non-ortho nitro benzene ring substituents is 1. The maximum absolute atomic E-state index is 12.2. The van der Waals surface area contributed by atoms with E-state index in [2.05, 4.69) is 4.99 Å². The number of rotatable bonds is 6. The summed E-state index contributed by atoms with van der Waals surface area (Å²) in [5.74, 6) is -0.798. The van der Waals surface area contributed by atoms with Crippen molar-refractivity contribution in [3.05, 3.63) is 63.3 Å². The molecule has 0 aromatic heterocycles. The number of aliphatic imine (C=N–C) groups is 1. The lowest BCUT2D eigenvalue weighted by molar-refractivity contribution is -0.384. The third kappa shape index (κ3) is 4.27. The summed E-state index contributed by atoms with van der Waals surface area (Å²) in [6, 6.07) is 8.65. The zero-order chi connectivity index (χ0) is 21.8. The van der Waals surface area contributed by atoms with Gasteiger partial charge in [-0.2, -0.15) is 0 Å². The van der Waals surface area contributed by atoms with E-state index in [1.807, 2.05) is 0 Å². The van der Waals surface area contributed by atoms with E-state index >= 15 is 0 Å². The molecule has 1 aliphatic heterocycles. The van der Waals surface area contributed by atoms with Crippen LogP contribution in [0.15, 0.2) is 47.1 Å². The molecule has 0 N–H and O–H groups in total. The lowest BCUT2D eigenvalue weighted by Crippen LogP contribution is -2.06. The molecule has 0 saturated carbocycles. The molecule has 0 unspecified atom stereocenters. The van der Waals surface area contributed by atoms with Crippen molar-refractivity contribution < 1.29 is 33.5 Å². The molecule has 0 fully saturated rings. The van der Waals surface area contributed by atoms with Crippen LogP contribution in [0.1, 0.15) is 18.1 Å². The van der Waals surface area contributed by atoms with E-state index < -0.39 is 16.9 Å². The molecule has 0 atom stereocenters. The molecule has 30 heavy (non-hydrogen) atoms. The second kappa shape index (κ2) is 8.43. The van der Waals surface area contributed by atoms with Crippen LogP contribution >= 0.6 is 0 Å². The Bertz CT molecular complexity index is 1080. The molecule has 0 saturated heterocycles. The van der Waals surface area contributed by atoms with E-state index in [4.69, 9.17) is 18.9 Å². The average molecular weight is 412 g/mol. The predicted molar refractivity (Wildman–Crippen MR) is 105 cm³/mol. The van der Waals surface area contributed by atoms with Gasteiger partial charge in [-0.1, -0.05) is 6.07 Å². The first-order valence-electron chi connectivity index (χ1n) is 8.54. The highest BCUT2D eigenvalue weighted by Gasteiger charge is 2.26. The molecule has 3 rings (SSSR count). The van der Waals surface area contributed by atoms with E-state index in [0.29, 0.717) is 11.1 Å². The number of hydrogen-bond acceptors (Lipinski definition) is 9. The second-order valence-electron chi connectivity index (χ2n) is 5.99. The monoisotopic (exact) mass is 412 g/mol. The SMILES string of the molecule is COc1cc(/C=C2/N=C(c3cccc([N+](=O)[O-])c3)OC2=O)cc(OC)c1OC(C)=O. The number of ether oxygens (including phenoxy) is 4. The third-order valence-corrected chi connectivity index (χ3v) is 3.96. The Morgan fingerprint density at radius 1 is 1.17 bits per heavy atom. The van der Waals surface area contributed by atoms with Gasteiger partial charge in [0.05, 0.1) is 19.1 Å². The summed E-state index contributed by atoms with van der Waals surface area (Å²) in [7, 11) is 2.78. The fourth-order valence-corrected chi connectivity index (χ4v) is 2.67. The standard InChI is InChI=1S/C20H16N2O8/c1-11(23)29-18-16(27-2)8-12(9-17(18)28-3)7-15-20(24)30-19(21-15)13-5-4-6-14(10-13)22(25)26/h4-10H,1-3H3/b15-7+. The minimum Gasteiger partial charge on any atom is -0.493 e. The number of hydrogen-bond donors (Lipinski definition) is 0. The number of nitro groups is 1. The minimum atomic E-state index is -0.724. The van der Waals surface area contributed by atoms with Gasteiger partial charge in [-0.05, 0) is 29.8 Å². The van der Waals surface area contributed by atoms with Crippen LogP contribution in [-0.4, -0.2) is 37.0 Å². The van der Waals surface area contributed by atoms with Crippen LogP contribution in [0.5, 0.6) is 17.2 Å². The highest BCUT2D eigenvalue weighted by atomic mass is 16.6. The highest BCUT2D eigenvalue weighted by Crippen LogP contribution is 2.39. The minimum absolute atomic E-state index is 0.0270. The highest BCUT2D eigenvalue weighted by molar-refractivity contribution is 6.13. The number of nitro benzene ring substituents is 1. The third-order valence-electron chi connectivity index (χ3n) is 3.96. The van der Waals surface area contributed by atoms with E-state index in [9.17, 15) is 19.7 Å². The van der Waals surface area contributed by atoms with Crippen LogP contribution in [0.2, 0.25) is 0 Å². The van der Waals surface area contributed by atoms with Crippen molar-refractivity contribution in [3.8, 4) is 17.2 Å². The maximum Gasteiger partial charge on any atom is 0.363 e. The van der Waals surface area contributed by atoms with Gasteiger partial charge >= 0.3 is 11.9 Å². The number of methoxy groups -OCH3 is 2. The second-order valence-corrected chi connectivity index (χ2v) is 5.99. The van der Waals surface area contributed by atoms with Gasteiger partial charge in [-0.15, -0.1) is 0 Å². The zero-order valence-corrected chi connectivity index (χ0v) is 16.2. The van der Waals surface area contributed by atoms with Crippen LogP contribution in [0.3, 0.4) is 0 Å². The summed E-state index contributed by atoms with van der Waals surface area (Å²) < 4.78 is 20.8. The molecule has 2 aromatic rings. The Morgan fingerprint density at radius 3 is 2.40 bits per heavy atom. The summed E-state index contributed by atoms with van der Waals surface area (Å²) in [4.78, 5) is 38.1. The molecule has 1 aliphatic rings. The topological polar surface area (TPSA) is 127 Å². The molecule has 2 aromatic carbocycles. The van der Waals surface area contributed by atoms with Gasteiger partial charge in [-0.25, -0.2) is 9.79 Å². The van der Waals surface area contributed by atoms with Crippen LogP contribution < -0.4 is 14.2 Å². The Balaban J connectivity index is 2.00. The summed E-state index contributed by atoms with van der Waals surface area (Å²) in [5, 5.41) is 10.9.